The fourth-order valence-electron chi connectivity index (χ4n) is 1.97. The molecule has 0 unspecified atom stereocenters. The highest BCUT2D eigenvalue weighted by molar-refractivity contribution is 7.09. The Morgan fingerprint density at radius 3 is 2.74 bits per heavy atom. The van der Waals surface area contributed by atoms with Crippen molar-refractivity contribution in [3.63, 3.8) is 0 Å². The van der Waals surface area contributed by atoms with Crippen LogP contribution in [0.25, 0.3) is 0 Å². The summed E-state index contributed by atoms with van der Waals surface area (Å²) in [4.78, 5) is 3.26. The first-order valence-electron chi connectivity index (χ1n) is 6.36. The number of rotatable bonds is 5. The minimum absolute atomic E-state index is 0.139. The molecule has 0 aliphatic carbocycles. The van der Waals surface area contributed by atoms with Crippen molar-refractivity contribution in [2.24, 2.45) is 5.73 Å². The topological polar surface area (TPSA) is 29.3 Å². The highest BCUT2D eigenvalue weighted by Gasteiger charge is 2.10. The maximum atomic E-state index is 14.0. The van der Waals surface area contributed by atoms with E-state index < -0.39 is 0 Å². The Morgan fingerprint density at radius 2 is 2.16 bits per heavy atom. The lowest BCUT2D eigenvalue weighted by Crippen LogP contribution is -2.21. The molecule has 0 bridgehead atoms. The molecule has 0 saturated carbocycles. The molecule has 1 aromatic heterocycles. The van der Waals surface area contributed by atoms with Crippen molar-refractivity contribution in [3.05, 3.63) is 52.0 Å². The van der Waals surface area contributed by atoms with Crippen molar-refractivity contribution < 1.29 is 4.39 Å². The fraction of sp³-hybridized carbons (Fsp3) is 0.333. The van der Waals surface area contributed by atoms with Crippen molar-refractivity contribution in [2.75, 3.05) is 18.5 Å². The Morgan fingerprint density at radius 1 is 1.37 bits per heavy atom. The van der Waals surface area contributed by atoms with E-state index in [2.05, 4.69) is 11.4 Å². The summed E-state index contributed by atoms with van der Waals surface area (Å²) in [6, 6.07) is 9.24. The third kappa shape index (κ3) is 3.55. The largest absolute Gasteiger partial charge is 0.372 e. The molecule has 1 atom stereocenters. The Balaban J connectivity index is 2.04. The second-order valence-corrected chi connectivity index (χ2v) is 5.78. The van der Waals surface area contributed by atoms with Crippen LogP contribution in [0.1, 0.15) is 23.4 Å². The lowest BCUT2D eigenvalue weighted by atomic mass is 10.1. The van der Waals surface area contributed by atoms with Gasteiger partial charge in [0.2, 0.25) is 0 Å². The number of hydrogen-bond donors (Lipinski definition) is 1. The first kappa shape index (κ1) is 14.0. The summed E-state index contributed by atoms with van der Waals surface area (Å²) in [5.74, 6) is -0.205. The smallest absolute Gasteiger partial charge is 0.146 e. The van der Waals surface area contributed by atoms with Crippen molar-refractivity contribution in [2.45, 2.75) is 19.4 Å². The van der Waals surface area contributed by atoms with Crippen LogP contribution in [0.4, 0.5) is 10.1 Å². The zero-order valence-electron chi connectivity index (χ0n) is 11.3. The van der Waals surface area contributed by atoms with E-state index in [4.69, 9.17) is 5.73 Å². The lowest BCUT2D eigenvalue weighted by molar-refractivity contribution is 0.617. The van der Waals surface area contributed by atoms with Gasteiger partial charge in [0.15, 0.2) is 0 Å². The van der Waals surface area contributed by atoms with Gasteiger partial charge in [0.1, 0.15) is 5.82 Å². The van der Waals surface area contributed by atoms with Gasteiger partial charge in [-0.2, -0.15) is 0 Å². The van der Waals surface area contributed by atoms with Crippen LogP contribution in [-0.2, 0) is 6.42 Å². The average molecular weight is 278 g/mol. The third-order valence-electron chi connectivity index (χ3n) is 3.18. The zero-order chi connectivity index (χ0) is 13.8. The van der Waals surface area contributed by atoms with Crippen LogP contribution < -0.4 is 10.6 Å². The predicted octanol–water partition coefficient (Wildman–Crippen LogP) is 3.59. The number of nitrogens with two attached hydrogens (primary N) is 1. The molecule has 2 N–H and O–H groups in total. The molecule has 2 aromatic rings. The second kappa shape index (κ2) is 6.17. The van der Waals surface area contributed by atoms with Crippen LogP contribution in [0.5, 0.6) is 0 Å². The first-order chi connectivity index (χ1) is 9.08. The summed E-state index contributed by atoms with van der Waals surface area (Å²) in [6.45, 7) is 2.66. The molecule has 0 radical (unpaired) electrons. The molecule has 19 heavy (non-hydrogen) atoms. The second-order valence-electron chi connectivity index (χ2n) is 4.75. The number of likely N-dealkylation sites (N-methyl/N-ethyl adjacent to an activating group) is 1. The Hall–Kier alpha value is -1.39. The van der Waals surface area contributed by atoms with E-state index in [-0.39, 0.29) is 11.9 Å². The summed E-state index contributed by atoms with van der Waals surface area (Å²) in [5, 5.41) is 2.06. The summed E-state index contributed by atoms with van der Waals surface area (Å²) < 4.78 is 14.0. The van der Waals surface area contributed by atoms with Crippen molar-refractivity contribution in [1.29, 1.82) is 0 Å². The lowest BCUT2D eigenvalue weighted by Gasteiger charge is -2.20. The number of thiophene rings is 1. The Kier molecular flexibility index (Phi) is 4.56. The van der Waals surface area contributed by atoms with Gasteiger partial charge in [0, 0.05) is 24.5 Å². The number of nitrogens with zero attached hydrogens (tertiary/aromatic N) is 1. The average Bonchev–Trinajstić information content (AvgIpc) is 2.88. The number of halogens is 1. The number of anilines is 1. The van der Waals surface area contributed by atoms with Crippen molar-refractivity contribution in [1.82, 2.24) is 0 Å². The van der Waals surface area contributed by atoms with E-state index >= 15 is 0 Å². The molecule has 2 rings (SSSR count). The Labute approximate surface area is 117 Å². The zero-order valence-corrected chi connectivity index (χ0v) is 12.1. The molecule has 4 heteroatoms. The van der Waals surface area contributed by atoms with Crippen LogP contribution in [0.15, 0.2) is 35.7 Å². The van der Waals surface area contributed by atoms with Crippen molar-refractivity contribution in [3.8, 4) is 0 Å². The summed E-state index contributed by atoms with van der Waals surface area (Å²) in [6.07, 6.45) is 0.933. The summed E-state index contributed by atoms with van der Waals surface area (Å²) in [5.41, 5.74) is 7.21. The van der Waals surface area contributed by atoms with Gasteiger partial charge >= 0.3 is 0 Å². The molecular weight excluding hydrogens is 259 g/mol. The van der Waals surface area contributed by atoms with E-state index in [0.29, 0.717) is 5.69 Å². The van der Waals surface area contributed by atoms with Crippen LogP contribution >= 0.6 is 11.3 Å². The number of benzene rings is 1. The van der Waals surface area contributed by atoms with E-state index in [1.807, 2.05) is 37.1 Å². The van der Waals surface area contributed by atoms with Gasteiger partial charge in [0.25, 0.3) is 0 Å². The maximum absolute atomic E-state index is 14.0. The molecule has 1 aromatic carbocycles. The molecule has 0 aliphatic rings. The molecule has 0 aliphatic heterocycles. The van der Waals surface area contributed by atoms with Gasteiger partial charge in [-0.1, -0.05) is 12.1 Å². The summed E-state index contributed by atoms with van der Waals surface area (Å²) >= 11 is 1.73. The molecule has 0 amide bonds. The minimum atomic E-state index is -0.205. The molecule has 0 spiro atoms. The van der Waals surface area contributed by atoms with E-state index in [0.717, 1.165) is 18.5 Å². The van der Waals surface area contributed by atoms with Gasteiger partial charge in [-0.3, -0.25) is 0 Å². The van der Waals surface area contributed by atoms with Crippen LogP contribution in [0.2, 0.25) is 0 Å². The highest BCUT2D eigenvalue weighted by Crippen LogP contribution is 2.22. The molecule has 0 saturated heterocycles. The van der Waals surface area contributed by atoms with E-state index in [1.54, 1.807) is 11.3 Å². The van der Waals surface area contributed by atoms with Gasteiger partial charge in [0.05, 0.1) is 5.69 Å². The molecule has 102 valence electrons. The monoisotopic (exact) mass is 278 g/mol. The summed E-state index contributed by atoms with van der Waals surface area (Å²) in [7, 11) is 1.91. The molecule has 1 heterocycles. The first-order valence-corrected chi connectivity index (χ1v) is 7.24. The van der Waals surface area contributed by atoms with Gasteiger partial charge < -0.3 is 10.6 Å². The molecule has 0 fully saturated rings. The highest BCUT2D eigenvalue weighted by atomic mass is 32.1. The van der Waals surface area contributed by atoms with Crippen molar-refractivity contribution >= 4 is 17.0 Å². The molecule has 2 nitrogen and oxygen atoms in total. The van der Waals surface area contributed by atoms with Gasteiger partial charge in [-0.25, -0.2) is 4.39 Å². The normalized spacial score (nSPS) is 12.4. The standard InChI is InChI=1S/C15H19FN2S/c1-11(17)12-5-6-15(14(16)10-12)18(2)8-7-13-4-3-9-19-13/h3-6,9-11H,7-8,17H2,1-2H3/t11-/m1/s1. The maximum Gasteiger partial charge on any atom is 0.146 e. The van der Waals surface area contributed by atoms with Crippen LogP contribution in [0.3, 0.4) is 0 Å². The fourth-order valence-corrected chi connectivity index (χ4v) is 2.67. The SMILES string of the molecule is C[C@@H](N)c1ccc(N(C)CCc2cccs2)c(F)c1. The Bertz CT molecular complexity index is 523. The van der Waals surface area contributed by atoms with Crippen LogP contribution in [0, 0.1) is 5.82 Å². The predicted molar refractivity (Wildman–Crippen MR) is 80.3 cm³/mol. The molecular formula is C15H19FN2S. The van der Waals surface area contributed by atoms with Gasteiger partial charge in [-0.15, -0.1) is 11.3 Å². The van der Waals surface area contributed by atoms with E-state index in [9.17, 15) is 4.39 Å². The third-order valence-corrected chi connectivity index (χ3v) is 4.12. The van der Waals surface area contributed by atoms with Crippen LogP contribution in [-0.4, -0.2) is 13.6 Å². The van der Waals surface area contributed by atoms with E-state index in [1.165, 1.54) is 10.9 Å². The quantitative estimate of drug-likeness (QED) is 0.905. The van der Waals surface area contributed by atoms with Gasteiger partial charge in [-0.05, 0) is 42.5 Å². The number of hydrogen-bond acceptors (Lipinski definition) is 3. The minimum Gasteiger partial charge on any atom is -0.372 e.